The predicted molar refractivity (Wildman–Crippen MR) is 311 cm³/mol. The van der Waals surface area contributed by atoms with Crippen LogP contribution in [0.1, 0.15) is 258 Å². The fourth-order valence-corrected chi connectivity index (χ4v) is 7.78. The number of hydrogen-bond donors (Lipinski definition) is 0. The highest BCUT2D eigenvalue weighted by atomic mass is 16.6. The molecule has 0 aliphatic carbocycles. The van der Waals surface area contributed by atoms with E-state index in [9.17, 15) is 14.4 Å². The third kappa shape index (κ3) is 56.7. The molecule has 1 atom stereocenters. The third-order valence-electron chi connectivity index (χ3n) is 12.2. The topological polar surface area (TPSA) is 78.9 Å². The van der Waals surface area contributed by atoms with Crippen molar-refractivity contribution < 1.29 is 28.6 Å². The van der Waals surface area contributed by atoms with Crippen molar-refractivity contribution in [3.05, 3.63) is 122 Å². The lowest BCUT2D eigenvalue weighted by atomic mass is 10.1. The molecule has 0 aromatic rings. The Morgan fingerprint density at radius 3 is 0.875 bits per heavy atom. The second-order valence-electron chi connectivity index (χ2n) is 19.2. The number of unbranched alkanes of at least 4 members (excludes halogenated alkanes) is 21. The summed E-state index contributed by atoms with van der Waals surface area (Å²) in [6.45, 7) is 6.42. The average molecular weight is 998 g/mol. The van der Waals surface area contributed by atoms with E-state index in [0.29, 0.717) is 19.3 Å². The second kappa shape index (κ2) is 59.4. The minimum atomic E-state index is -0.784. The Bertz CT molecular complexity index is 1520. The van der Waals surface area contributed by atoms with Gasteiger partial charge in [-0.25, -0.2) is 0 Å². The molecule has 1 unspecified atom stereocenters. The maximum Gasteiger partial charge on any atom is 0.306 e. The minimum Gasteiger partial charge on any atom is -0.462 e. The molecule has 0 saturated heterocycles. The molecule has 6 heteroatoms. The molecule has 0 rings (SSSR count). The smallest absolute Gasteiger partial charge is 0.306 e. The summed E-state index contributed by atoms with van der Waals surface area (Å²) >= 11 is 0. The summed E-state index contributed by atoms with van der Waals surface area (Å²) in [5.41, 5.74) is 0. The van der Waals surface area contributed by atoms with Gasteiger partial charge in [-0.05, 0) is 116 Å². The monoisotopic (exact) mass is 997 g/mol. The van der Waals surface area contributed by atoms with Crippen LogP contribution < -0.4 is 0 Å². The minimum absolute atomic E-state index is 0.0855. The van der Waals surface area contributed by atoms with Gasteiger partial charge in [0.2, 0.25) is 0 Å². The molecule has 0 N–H and O–H groups in total. The first-order valence-electron chi connectivity index (χ1n) is 29.5. The summed E-state index contributed by atoms with van der Waals surface area (Å²) in [5.74, 6) is -0.919. The van der Waals surface area contributed by atoms with E-state index < -0.39 is 6.10 Å². The van der Waals surface area contributed by atoms with Gasteiger partial charge in [0.05, 0.1) is 0 Å². The summed E-state index contributed by atoms with van der Waals surface area (Å²) in [5, 5.41) is 0. The maximum absolute atomic E-state index is 12.7. The van der Waals surface area contributed by atoms with Crippen LogP contribution >= 0.6 is 0 Å². The predicted octanol–water partition coefficient (Wildman–Crippen LogP) is 20.0. The summed E-state index contributed by atoms with van der Waals surface area (Å²) in [7, 11) is 0. The van der Waals surface area contributed by atoms with E-state index in [-0.39, 0.29) is 31.1 Å². The van der Waals surface area contributed by atoms with Gasteiger partial charge in [-0.2, -0.15) is 0 Å². The van der Waals surface area contributed by atoms with Crippen LogP contribution in [-0.4, -0.2) is 37.2 Å². The Morgan fingerprint density at radius 2 is 0.542 bits per heavy atom. The first kappa shape index (κ1) is 67.8. The van der Waals surface area contributed by atoms with Gasteiger partial charge < -0.3 is 14.2 Å². The molecule has 0 amide bonds. The van der Waals surface area contributed by atoms with Gasteiger partial charge in [0, 0.05) is 19.3 Å². The van der Waals surface area contributed by atoms with E-state index in [1.54, 1.807) is 0 Å². The Balaban J connectivity index is 4.10. The molecule has 0 aromatic carbocycles. The standard InChI is InChI=1S/C66H108O6/c1-4-7-10-13-16-18-20-22-23-24-25-26-27-28-29-30-31-32-33-34-35-36-37-38-39-40-41-42-43-45-46-48-50-53-56-59-65(68)71-62-63(61-70-64(67)58-55-52-15-12-9-6-3)72-66(69)60-57-54-51-49-47-44-21-19-17-14-11-8-5-2/h7,10,16,18-19,21-23,25-26,28-29,31-32,34-35,37-38,40-41,63H,4-6,8-9,11-15,17,20,24,27,30,33,36,39,42-62H2,1-3H3/b10-7-,18-16-,21-19-,23-22-,26-25-,29-28-,32-31-,35-34-,38-37-,41-40-. The molecular formula is C66H108O6. The molecule has 72 heavy (non-hydrogen) atoms. The number of hydrogen-bond acceptors (Lipinski definition) is 6. The van der Waals surface area contributed by atoms with Gasteiger partial charge in [0.1, 0.15) is 13.2 Å². The Kier molecular flexibility index (Phi) is 55.9. The zero-order valence-corrected chi connectivity index (χ0v) is 46.7. The number of rotatable bonds is 52. The first-order chi connectivity index (χ1) is 35.5. The van der Waals surface area contributed by atoms with Crippen LogP contribution in [0.2, 0.25) is 0 Å². The van der Waals surface area contributed by atoms with Crippen LogP contribution in [0.25, 0.3) is 0 Å². The fourth-order valence-electron chi connectivity index (χ4n) is 7.78. The second-order valence-corrected chi connectivity index (χ2v) is 19.2. The van der Waals surface area contributed by atoms with Gasteiger partial charge in [0.15, 0.2) is 6.10 Å². The summed E-state index contributed by atoms with van der Waals surface area (Å²) < 4.78 is 16.7. The van der Waals surface area contributed by atoms with Crippen molar-refractivity contribution in [3.8, 4) is 0 Å². The molecule has 0 aliphatic heterocycles. The van der Waals surface area contributed by atoms with Crippen molar-refractivity contribution in [3.63, 3.8) is 0 Å². The zero-order valence-electron chi connectivity index (χ0n) is 46.7. The molecular weight excluding hydrogens is 889 g/mol. The van der Waals surface area contributed by atoms with E-state index in [1.807, 2.05) is 0 Å². The number of carbonyl (C=O) groups is 3. The van der Waals surface area contributed by atoms with Crippen LogP contribution in [-0.2, 0) is 28.6 Å². The van der Waals surface area contributed by atoms with Crippen molar-refractivity contribution in [1.82, 2.24) is 0 Å². The van der Waals surface area contributed by atoms with Gasteiger partial charge in [-0.3, -0.25) is 14.4 Å². The van der Waals surface area contributed by atoms with E-state index in [0.717, 1.165) is 135 Å². The van der Waals surface area contributed by atoms with Crippen LogP contribution in [0.4, 0.5) is 0 Å². The van der Waals surface area contributed by atoms with E-state index in [2.05, 4.69) is 142 Å². The normalized spacial score (nSPS) is 13.0. The molecule has 0 heterocycles. The molecule has 6 nitrogen and oxygen atoms in total. The van der Waals surface area contributed by atoms with Crippen LogP contribution in [0.5, 0.6) is 0 Å². The van der Waals surface area contributed by atoms with Gasteiger partial charge >= 0.3 is 17.9 Å². The van der Waals surface area contributed by atoms with E-state index in [4.69, 9.17) is 14.2 Å². The molecule has 0 fully saturated rings. The van der Waals surface area contributed by atoms with E-state index >= 15 is 0 Å². The highest BCUT2D eigenvalue weighted by Crippen LogP contribution is 2.14. The SMILES string of the molecule is CC/C=C\C/C=C\C/C=C\C/C=C\C/C=C\C/C=C\C/C=C\C/C=C\C/C=C\CCCCCCCCCC(=O)OCC(COC(=O)CCCCCCCC)OC(=O)CCCCCCC/C=C\CCCCCC. The molecule has 408 valence electrons. The van der Waals surface area contributed by atoms with Crippen molar-refractivity contribution in [2.75, 3.05) is 13.2 Å². The number of carbonyl (C=O) groups excluding carboxylic acids is 3. The third-order valence-corrected chi connectivity index (χ3v) is 12.2. The largest absolute Gasteiger partial charge is 0.462 e. The first-order valence-corrected chi connectivity index (χ1v) is 29.5. The Hall–Kier alpha value is -4.19. The number of esters is 3. The van der Waals surface area contributed by atoms with Crippen LogP contribution in [0, 0.1) is 0 Å². The lowest BCUT2D eigenvalue weighted by Gasteiger charge is -2.18. The van der Waals surface area contributed by atoms with Crippen molar-refractivity contribution >= 4 is 17.9 Å². The molecule has 0 bridgehead atoms. The quantitative estimate of drug-likeness (QED) is 0.0261. The molecule has 0 aliphatic rings. The number of allylic oxidation sites excluding steroid dienone is 20. The van der Waals surface area contributed by atoms with Gasteiger partial charge in [0.25, 0.3) is 0 Å². The Labute approximate surface area is 443 Å². The van der Waals surface area contributed by atoms with Crippen LogP contribution in [0.15, 0.2) is 122 Å². The zero-order chi connectivity index (χ0) is 52.2. The molecule has 0 spiro atoms. The van der Waals surface area contributed by atoms with Crippen molar-refractivity contribution in [1.29, 1.82) is 0 Å². The molecule has 0 radical (unpaired) electrons. The highest BCUT2D eigenvalue weighted by molar-refractivity contribution is 5.71. The molecule has 0 aromatic heterocycles. The maximum atomic E-state index is 12.7. The highest BCUT2D eigenvalue weighted by Gasteiger charge is 2.19. The van der Waals surface area contributed by atoms with Crippen molar-refractivity contribution in [2.45, 2.75) is 264 Å². The summed E-state index contributed by atoms with van der Waals surface area (Å²) in [4.78, 5) is 37.8. The summed E-state index contributed by atoms with van der Waals surface area (Å²) in [6.07, 6.45) is 82.3. The summed E-state index contributed by atoms with van der Waals surface area (Å²) in [6, 6.07) is 0. The molecule has 0 saturated carbocycles. The van der Waals surface area contributed by atoms with Gasteiger partial charge in [-0.1, -0.05) is 245 Å². The fraction of sp³-hybridized carbons (Fsp3) is 0.652. The lowest BCUT2D eigenvalue weighted by Crippen LogP contribution is -2.30. The Morgan fingerprint density at radius 1 is 0.292 bits per heavy atom. The van der Waals surface area contributed by atoms with E-state index in [1.165, 1.54) is 83.5 Å². The van der Waals surface area contributed by atoms with Crippen molar-refractivity contribution in [2.24, 2.45) is 0 Å². The average Bonchev–Trinajstić information content (AvgIpc) is 3.38. The van der Waals surface area contributed by atoms with Gasteiger partial charge in [-0.15, -0.1) is 0 Å². The van der Waals surface area contributed by atoms with Crippen LogP contribution in [0.3, 0.4) is 0 Å². The number of ether oxygens (including phenoxy) is 3. The lowest BCUT2D eigenvalue weighted by molar-refractivity contribution is -0.167.